The molecule has 2 aliphatic rings. The second-order valence-corrected chi connectivity index (χ2v) is 7.40. The molecule has 1 fully saturated rings. The number of benzene rings is 2. The number of ether oxygens (including phenoxy) is 2. The van der Waals surface area contributed by atoms with Gasteiger partial charge >= 0.3 is 0 Å². The number of likely N-dealkylation sites (tertiary alicyclic amines) is 1. The molecule has 2 aromatic carbocycles. The zero-order chi connectivity index (χ0) is 18.8. The number of nitrogens with zero attached hydrogens (tertiary/aromatic N) is 1. The third-order valence-corrected chi connectivity index (χ3v) is 5.61. The van der Waals surface area contributed by atoms with Crippen molar-refractivity contribution in [3.05, 3.63) is 52.5 Å². The van der Waals surface area contributed by atoms with E-state index in [1.807, 2.05) is 31.2 Å². The number of anilines is 1. The van der Waals surface area contributed by atoms with Gasteiger partial charge in [-0.05, 0) is 61.7 Å². The zero-order valence-corrected chi connectivity index (χ0v) is 16.1. The van der Waals surface area contributed by atoms with Crippen LogP contribution in [-0.2, 0) is 4.79 Å². The average molecular weight is 387 g/mol. The molecule has 1 saturated heterocycles. The Morgan fingerprint density at radius 1 is 1.22 bits per heavy atom. The van der Waals surface area contributed by atoms with Gasteiger partial charge in [0.05, 0.1) is 6.54 Å². The van der Waals surface area contributed by atoms with Crippen molar-refractivity contribution in [1.29, 1.82) is 0 Å². The van der Waals surface area contributed by atoms with Crippen LogP contribution in [0.4, 0.5) is 5.69 Å². The fourth-order valence-electron chi connectivity index (χ4n) is 3.78. The van der Waals surface area contributed by atoms with Crippen LogP contribution < -0.4 is 14.8 Å². The SMILES string of the molecule is Cc1c(Cl)cccc1NC(=O)CN1CCC[C@H]1c1ccc2c(c1)OCCO2. The summed E-state index contributed by atoms with van der Waals surface area (Å²) >= 11 is 6.15. The van der Waals surface area contributed by atoms with E-state index in [2.05, 4.69) is 22.3 Å². The molecule has 2 heterocycles. The van der Waals surface area contributed by atoms with Crippen LogP contribution in [0.3, 0.4) is 0 Å². The topological polar surface area (TPSA) is 50.8 Å². The number of carbonyl (C=O) groups is 1. The maximum absolute atomic E-state index is 12.6. The molecule has 0 aliphatic carbocycles. The minimum absolute atomic E-state index is 0.0233. The smallest absolute Gasteiger partial charge is 0.238 e. The van der Waals surface area contributed by atoms with E-state index in [0.717, 1.165) is 42.1 Å². The molecule has 4 rings (SSSR count). The van der Waals surface area contributed by atoms with Gasteiger partial charge in [-0.2, -0.15) is 0 Å². The van der Waals surface area contributed by atoms with Gasteiger partial charge in [0, 0.05) is 16.8 Å². The van der Waals surface area contributed by atoms with Crippen LogP contribution in [0.2, 0.25) is 5.02 Å². The number of carbonyl (C=O) groups excluding carboxylic acids is 1. The van der Waals surface area contributed by atoms with Gasteiger partial charge in [-0.1, -0.05) is 23.7 Å². The third kappa shape index (κ3) is 3.89. The summed E-state index contributed by atoms with van der Waals surface area (Å²) in [4.78, 5) is 14.8. The Hall–Kier alpha value is -2.24. The first-order valence-corrected chi connectivity index (χ1v) is 9.68. The summed E-state index contributed by atoms with van der Waals surface area (Å²) in [5, 5.41) is 3.65. The Kier molecular flexibility index (Phi) is 5.23. The lowest BCUT2D eigenvalue weighted by molar-refractivity contribution is -0.117. The van der Waals surface area contributed by atoms with Crippen LogP contribution in [0.5, 0.6) is 11.5 Å². The van der Waals surface area contributed by atoms with Crippen LogP contribution in [0, 0.1) is 6.92 Å². The van der Waals surface area contributed by atoms with Crippen molar-refractivity contribution in [3.8, 4) is 11.5 Å². The monoisotopic (exact) mass is 386 g/mol. The Balaban J connectivity index is 1.45. The quantitative estimate of drug-likeness (QED) is 0.855. The first kappa shape index (κ1) is 18.1. The highest BCUT2D eigenvalue weighted by atomic mass is 35.5. The summed E-state index contributed by atoms with van der Waals surface area (Å²) in [7, 11) is 0. The highest BCUT2D eigenvalue weighted by molar-refractivity contribution is 6.31. The van der Waals surface area contributed by atoms with Gasteiger partial charge in [-0.15, -0.1) is 0 Å². The zero-order valence-electron chi connectivity index (χ0n) is 15.3. The fourth-order valence-corrected chi connectivity index (χ4v) is 3.95. The predicted octanol–water partition coefficient (Wildman–Crippen LogP) is 4.20. The minimum Gasteiger partial charge on any atom is -0.486 e. The lowest BCUT2D eigenvalue weighted by Crippen LogP contribution is -2.33. The number of halogens is 1. The third-order valence-electron chi connectivity index (χ3n) is 5.20. The molecule has 1 amide bonds. The molecular formula is C21H23ClN2O3. The van der Waals surface area contributed by atoms with E-state index in [1.165, 1.54) is 5.56 Å². The van der Waals surface area contributed by atoms with Gasteiger partial charge in [0.25, 0.3) is 0 Å². The van der Waals surface area contributed by atoms with Crippen molar-refractivity contribution >= 4 is 23.2 Å². The van der Waals surface area contributed by atoms with Gasteiger partial charge in [0.2, 0.25) is 5.91 Å². The number of nitrogens with one attached hydrogen (secondary N) is 1. The summed E-state index contributed by atoms with van der Waals surface area (Å²) in [5.74, 6) is 1.57. The number of fused-ring (bicyclic) bond motifs is 1. The molecule has 0 aromatic heterocycles. The van der Waals surface area contributed by atoms with E-state index in [1.54, 1.807) is 0 Å². The molecule has 0 bridgehead atoms. The largest absolute Gasteiger partial charge is 0.486 e. The van der Waals surface area contributed by atoms with Crippen LogP contribution in [-0.4, -0.2) is 37.1 Å². The standard InChI is InChI=1S/C21H23ClN2O3/c1-14-16(22)4-2-5-17(14)23-21(25)13-24-9-3-6-18(24)15-7-8-19-20(12-15)27-11-10-26-19/h2,4-5,7-8,12,18H,3,6,9-11,13H2,1H3,(H,23,25)/t18-/m0/s1. The van der Waals surface area contributed by atoms with E-state index in [9.17, 15) is 4.79 Å². The fraction of sp³-hybridized carbons (Fsp3) is 0.381. The number of rotatable bonds is 4. The predicted molar refractivity (Wildman–Crippen MR) is 106 cm³/mol. The maximum atomic E-state index is 12.6. The number of amides is 1. The Bertz CT molecular complexity index is 855. The normalized spacial score (nSPS) is 19.1. The van der Waals surface area contributed by atoms with E-state index < -0.39 is 0 Å². The van der Waals surface area contributed by atoms with Crippen molar-refractivity contribution in [2.75, 3.05) is 31.6 Å². The molecule has 2 aliphatic heterocycles. The summed E-state index contributed by atoms with van der Waals surface area (Å²) in [6, 6.07) is 11.9. The summed E-state index contributed by atoms with van der Waals surface area (Å²) < 4.78 is 11.3. The van der Waals surface area contributed by atoms with Gasteiger partial charge < -0.3 is 14.8 Å². The Morgan fingerprint density at radius 3 is 2.89 bits per heavy atom. The van der Waals surface area contributed by atoms with Crippen molar-refractivity contribution < 1.29 is 14.3 Å². The molecule has 0 radical (unpaired) electrons. The van der Waals surface area contributed by atoms with Gasteiger partial charge in [-0.25, -0.2) is 0 Å². The van der Waals surface area contributed by atoms with Crippen molar-refractivity contribution in [3.63, 3.8) is 0 Å². The van der Waals surface area contributed by atoms with Crippen molar-refractivity contribution in [2.24, 2.45) is 0 Å². The number of hydrogen-bond donors (Lipinski definition) is 1. The van der Waals surface area contributed by atoms with Crippen molar-refractivity contribution in [2.45, 2.75) is 25.8 Å². The van der Waals surface area contributed by atoms with Crippen LogP contribution in [0.1, 0.15) is 30.0 Å². The minimum atomic E-state index is -0.0233. The van der Waals surface area contributed by atoms with E-state index >= 15 is 0 Å². The van der Waals surface area contributed by atoms with Crippen LogP contribution in [0.25, 0.3) is 0 Å². The molecule has 0 spiro atoms. The Labute approximate surface area is 164 Å². The van der Waals surface area contributed by atoms with Gasteiger partial charge in [0.15, 0.2) is 11.5 Å². The molecule has 1 N–H and O–H groups in total. The molecule has 0 unspecified atom stereocenters. The van der Waals surface area contributed by atoms with Crippen LogP contribution >= 0.6 is 11.6 Å². The molecule has 2 aromatic rings. The molecule has 1 atom stereocenters. The van der Waals surface area contributed by atoms with Gasteiger partial charge in [-0.3, -0.25) is 9.69 Å². The summed E-state index contributed by atoms with van der Waals surface area (Å²) in [6.07, 6.45) is 2.10. The molecule has 27 heavy (non-hydrogen) atoms. The second-order valence-electron chi connectivity index (χ2n) is 6.99. The van der Waals surface area contributed by atoms with Crippen molar-refractivity contribution in [1.82, 2.24) is 4.90 Å². The van der Waals surface area contributed by atoms with Gasteiger partial charge in [0.1, 0.15) is 13.2 Å². The average Bonchev–Trinajstić information content (AvgIpc) is 3.13. The van der Waals surface area contributed by atoms with E-state index in [0.29, 0.717) is 24.8 Å². The highest BCUT2D eigenvalue weighted by Gasteiger charge is 2.28. The first-order chi connectivity index (χ1) is 13.1. The maximum Gasteiger partial charge on any atom is 0.238 e. The molecule has 5 nitrogen and oxygen atoms in total. The molecular weight excluding hydrogens is 364 g/mol. The lowest BCUT2D eigenvalue weighted by Gasteiger charge is -2.26. The summed E-state index contributed by atoms with van der Waals surface area (Å²) in [6.45, 7) is 4.33. The van der Waals surface area contributed by atoms with E-state index in [4.69, 9.17) is 21.1 Å². The highest BCUT2D eigenvalue weighted by Crippen LogP contribution is 2.38. The molecule has 6 heteroatoms. The molecule has 142 valence electrons. The van der Waals surface area contributed by atoms with E-state index in [-0.39, 0.29) is 11.9 Å². The lowest BCUT2D eigenvalue weighted by atomic mass is 10.0. The first-order valence-electron chi connectivity index (χ1n) is 9.30. The molecule has 0 saturated carbocycles. The summed E-state index contributed by atoms with van der Waals surface area (Å²) in [5.41, 5.74) is 2.82. The number of hydrogen-bond acceptors (Lipinski definition) is 4. The Morgan fingerprint density at radius 2 is 2.04 bits per heavy atom. The second kappa shape index (κ2) is 7.79. The van der Waals surface area contributed by atoms with Crippen LogP contribution in [0.15, 0.2) is 36.4 Å².